The molecule has 0 radical (unpaired) electrons. The van der Waals surface area contributed by atoms with Crippen LogP contribution < -0.4 is 0 Å². The molecular formula is C9H11F3O5S. The highest BCUT2D eigenvalue weighted by Gasteiger charge is 2.50. The summed E-state index contributed by atoms with van der Waals surface area (Å²) in [4.78, 5) is 11.3. The molecule has 0 amide bonds. The van der Waals surface area contributed by atoms with Crippen LogP contribution in [0.3, 0.4) is 0 Å². The van der Waals surface area contributed by atoms with E-state index in [-0.39, 0.29) is 12.0 Å². The van der Waals surface area contributed by atoms with Gasteiger partial charge in [-0.05, 0) is 12.8 Å². The molecule has 0 bridgehead atoms. The van der Waals surface area contributed by atoms with Gasteiger partial charge in [0, 0.05) is 5.92 Å². The smallest absolute Gasteiger partial charge is 0.466 e. The minimum Gasteiger partial charge on any atom is -0.466 e. The third-order valence-electron chi connectivity index (χ3n) is 2.49. The van der Waals surface area contributed by atoms with Crippen LogP contribution in [-0.2, 0) is 23.8 Å². The quantitative estimate of drug-likeness (QED) is 0.449. The number of ether oxygens (including phenoxy) is 1. The van der Waals surface area contributed by atoms with Crippen LogP contribution >= 0.6 is 0 Å². The zero-order valence-electron chi connectivity index (χ0n) is 9.57. The van der Waals surface area contributed by atoms with Gasteiger partial charge in [0.25, 0.3) is 0 Å². The first-order valence-electron chi connectivity index (χ1n) is 4.92. The van der Waals surface area contributed by atoms with E-state index in [1.54, 1.807) is 0 Å². The molecular weight excluding hydrogens is 277 g/mol. The lowest BCUT2D eigenvalue weighted by Crippen LogP contribution is -2.26. The number of halogens is 3. The second-order valence-electron chi connectivity index (χ2n) is 3.76. The fourth-order valence-electron chi connectivity index (χ4n) is 1.54. The van der Waals surface area contributed by atoms with Crippen molar-refractivity contribution in [2.45, 2.75) is 25.3 Å². The molecule has 1 aliphatic rings. The van der Waals surface area contributed by atoms with Gasteiger partial charge in [-0.3, -0.25) is 0 Å². The van der Waals surface area contributed by atoms with Crippen molar-refractivity contribution < 1.29 is 35.3 Å². The lowest BCUT2D eigenvalue weighted by atomic mass is 10.1. The maximum atomic E-state index is 12.2. The number of methoxy groups -OCH3 is 1. The minimum absolute atomic E-state index is 0.122. The minimum atomic E-state index is -5.75. The first-order valence-corrected chi connectivity index (χ1v) is 6.33. The largest absolute Gasteiger partial charge is 0.534 e. The number of carbonyl (C=O) groups is 1. The average molecular weight is 288 g/mol. The zero-order valence-corrected chi connectivity index (χ0v) is 10.4. The maximum Gasteiger partial charge on any atom is 0.534 e. The summed E-state index contributed by atoms with van der Waals surface area (Å²) in [5, 5.41) is 0. The highest BCUT2D eigenvalue weighted by Crippen LogP contribution is 2.37. The number of hydrogen-bond donors (Lipinski definition) is 0. The third kappa shape index (κ3) is 2.77. The van der Waals surface area contributed by atoms with Crippen molar-refractivity contribution >= 4 is 16.1 Å². The summed E-state index contributed by atoms with van der Waals surface area (Å²) in [5.74, 6) is -1.96. The van der Waals surface area contributed by atoms with Gasteiger partial charge in [-0.2, -0.15) is 21.6 Å². The molecule has 0 heterocycles. The Bertz CT molecular complexity index is 477. The number of carbonyl (C=O) groups excluding carboxylic acids is 1. The van der Waals surface area contributed by atoms with Crippen LogP contribution in [0.1, 0.15) is 19.8 Å². The summed E-state index contributed by atoms with van der Waals surface area (Å²) >= 11 is 0. The summed E-state index contributed by atoms with van der Waals surface area (Å²) in [6.07, 6.45) is 0.448. The van der Waals surface area contributed by atoms with Gasteiger partial charge < -0.3 is 8.92 Å². The molecule has 0 N–H and O–H groups in total. The van der Waals surface area contributed by atoms with E-state index in [1.165, 1.54) is 6.92 Å². The normalized spacial score (nSPS) is 21.1. The maximum absolute atomic E-state index is 12.2. The van der Waals surface area contributed by atoms with E-state index in [1.807, 2.05) is 0 Å². The second kappa shape index (κ2) is 4.79. The van der Waals surface area contributed by atoms with Gasteiger partial charge in [0.05, 0.1) is 12.7 Å². The van der Waals surface area contributed by atoms with Crippen LogP contribution in [0.15, 0.2) is 11.3 Å². The molecule has 0 aromatic heterocycles. The van der Waals surface area contributed by atoms with Gasteiger partial charge in [-0.15, -0.1) is 0 Å². The van der Waals surface area contributed by atoms with Gasteiger partial charge in [0.2, 0.25) is 0 Å². The predicted molar refractivity (Wildman–Crippen MR) is 53.5 cm³/mol. The second-order valence-corrected chi connectivity index (χ2v) is 5.30. The molecule has 18 heavy (non-hydrogen) atoms. The highest BCUT2D eigenvalue weighted by atomic mass is 32.2. The van der Waals surface area contributed by atoms with E-state index in [2.05, 4.69) is 8.92 Å². The Morgan fingerprint density at radius 2 is 1.94 bits per heavy atom. The van der Waals surface area contributed by atoms with Crippen molar-refractivity contribution in [3.63, 3.8) is 0 Å². The first-order chi connectivity index (χ1) is 8.10. The molecule has 104 valence electrons. The fraction of sp³-hybridized carbons (Fsp3) is 0.667. The van der Waals surface area contributed by atoms with Crippen molar-refractivity contribution in [1.82, 2.24) is 0 Å². The predicted octanol–water partition coefficient (Wildman–Crippen LogP) is 1.71. The van der Waals surface area contributed by atoms with Crippen molar-refractivity contribution in [2.75, 3.05) is 7.11 Å². The molecule has 1 atom stereocenters. The summed E-state index contributed by atoms with van der Waals surface area (Å²) in [7, 11) is -4.70. The molecule has 0 aliphatic heterocycles. The van der Waals surface area contributed by atoms with Crippen LogP contribution in [-0.4, -0.2) is 27.0 Å². The third-order valence-corrected chi connectivity index (χ3v) is 3.45. The Labute approximate surface area is 102 Å². The van der Waals surface area contributed by atoms with Crippen LogP contribution in [0.5, 0.6) is 0 Å². The van der Waals surface area contributed by atoms with E-state index in [0.29, 0.717) is 6.42 Å². The van der Waals surface area contributed by atoms with Crippen LogP contribution in [0.4, 0.5) is 13.2 Å². The summed E-state index contributed by atoms with van der Waals surface area (Å²) in [5.41, 5.74) is -5.69. The lowest BCUT2D eigenvalue weighted by Gasteiger charge is -2.14. The summed E-state index contributed by atoms with van der Waals surface area (Å²) in [6.45, 7) is 1.47. The Hall–Kier alpha value is -1.25. The number of alkyl halides is 3. The van der Waals surface area contributed by atoms with Crippen molar-refractivity contribution in [2.24, 2.45) is 5.92 Å². The SMILES string of the molecule is COC(=O)C1=C(OS(=O)(=O)C(F)(F)F)C(C)CC1. The number of hydrogen-bond acceptors (Lipinski definition) is 5. The molecule has 1 aliphatic carbocycles. The molecule has 0 saturated carbocycles. The van der Waals surface area contributed by atoms with Crippen molar-refractivity contribution in [1.29, 1.82) is 0 Å². The number of esters is 1. The summed E-state index contributed by atoms with van der Waals surface area (Å²) in [6, 6.07) is 0. The molecule has 0 aromatic carbocycles. The number of rotatable bonds is 3. The molecule has 1 rings (SSSR count). The zero-order chi connectivity index (χ0) is 14.1. The van der Waals surface area contributed by atoms with E-state index >= 15 is 0 Å². The Morgan fingerprint density at radius 1 is 1.39 bits per heavy atom. The molecule has 9 heteroatoms. The van der Waals surface area contributed by atoms with Gasteiger partial charge in [-0.25, -0.2) is 4.79 Å². The molecule has 0 saturated heterocycles. The van der Waals surface area contributed by atoms with E-state index in [0.717, 1.165) is 7.11 Å². The van der Waals surface area contributed by atoms with Gasteiger partial charge in [-0.1, -0.05) is 6.92 Å². The highest BCUT2D eigenvalue weighted by molar-refractivity contribution is 7.87. The molecule has 0 aromatic rings. The Kier molecular flexibility index (Phi) is 3.94. The molecule has 0 spiro atoms. The molecule has 5 nitrogen and oxygen atoms in total. The van der Waals surface area contributed by atoms with E-state index in [4.69, 9.17) is 0 Å². The van der Waals surface area contributed by atoms with Crippen molar-refractivity contribution in [3.8, 4) is 0 Å². The molecule has 0 fully saturated rings. The van der Waals surface area contributed by atoms with Crippen LogP contribution in [0.2, 0.25) is 0 Å². The number of allylic oxidation sites excluding steroid dienone is 1. The van der Waals surface area contributed by atoms with Gasteiger partial charge >= 0.3 is 21.6 Å². The van der Waals surface area contributed by atoms with Gasteiger partial charge in [0.1, 0.15) is 5.76 Å². The standard InChI is InChI=1S/C9H11F3O5S/c1-5-3-4-6(8(13)16-2)7(5)17-18(14,15)9(10,11)12/h5H,3-4H2,1-2H3. The topological polar surface area (TPSA) is 69.7 Å². The lowest BCUT2D eigenvalue weighted by molar-refractivity contribution is -0.136. The van der Waals surface area contributed by atoms with Gasteiger partial charge in [0.15, 0.2) is 0 Å². The summed E-state index contributed by atoms with van der Waals surface area (Å²) < 4.78 is 66.7. The average Bonchev–Trinajstić information content (AvgIpc) is 2.57. The first kappa shape index (κ1) is 14.8. The van der Waals surface area contributed by atoms with Crippen molar-refractivity contribution in [3.05, 3.63) is 11.3 Å². The van der Waals surface area contributed by atoms with Crippen LogP contribution in [0.25, 0.3) is 0 Å². The van der Waals surface area contributed by atoms with Crippen LogP contribution in [0, 0.1) is 5.92 Å². The van der Waals surface area contributed by atoms with E-state index in [9.17, 15) is 26.4 Å². The van der Waals surface area contributed by atoms with E-state index < -0.39 is 33.3 Å². The Balaban J connectivity index is 3.11. The molecule has 1 unspecified atom stereocenters. The Morgan fingerprint density at radius 3 is 2.39 bits per heavy atom. The monoisotopic (exact) mass is 288 g/mol. The fourth-order valence-corrected chi connectivity index (χ4v) is 2.13.